The Labute approximate surface area is 111 Å². The highest BCUT2D eigenvalue weighted by molar-refractivity contribution is 5.17. The highest BCUT2D eigenvalue weighted by Crippen LogP contribution is 2.11. The number of nitrogens with one attached hydrogen (secondary N) is 1. The third kappa shape index (κ3) is 3.79. The topological polar surface area (TPSA) is 28.2 Å². The Balaban J connectivity index is 1.90. The Morgan fingerprint density at radius 2 is 2.33 bits per heavy atom. The second-order valence-electron chi connectivity index (χ2n) is 5.24. The van der Waals surface area contributed by atoms with Crippen molar-refractivity contribution in [2.75, 3.05) is 19.6 Å². The Morgan fingerprint density at radius 1 is 1.44 bits per heavy atom. The van der Waals surface area contributed by atoms with Gasteiger partial charge >= 0.3 is 0 Å². The van der Waals surface area contributed by atoms with E-state index >= 15 is 0 Å². The molecular weight excluding hydrogens is 222 g/mol. The molecule has 1 atom stereocenters. The number of rotatable bonds is 5. The predicted octanol–water partition coefficient (Wildman–Crippen LogP) is 2.35. The summed E-state index contributed by atoms with van der Waals surface area (Å²) in [5, 5.41) is 3.62. The minimum absolute atomic E-state index is 0.669. The van der Waals surface area contributed by atoms with Gasteiger partial charge in [0.1, 0.15) is 0 Å². The Morgan fingerprint density at radius 3 is 3.00 bits per heavy atom. The zero-order valence-corrected chi connectivity index (χ0v) is 11.7. The quantitative estimate of drug-likeness (QED) is 0.865. The van der Waals surface area contributed by atoms with Gasteiger partial charge < -0.3 is 5.32 Å². The van der Waals surface area contributed by atoms with Crippen molar-refractivity contribution in [2.45, 2.75) is 45.7 Å². The van der Waals surface area contributed by atoms with Crippen molar-refractivity contribution in [2.24, 2.45) is 0 Å². The van der Waals surface area contributed by atoms with E-state index in [4.69, 9.17) is 0 Å². The summed E-state index contributed by atoms with van der Waals surface area (Å²) in [5.41, 5.74) is 2.52. The van der Waals surface area contributed by atoms with Gasteiger partial charge in [0.2, 0.25) is 0 Å². The minimum Gasteiger partial charge on any atom is -0.313 e. The summed E-state index contributed by atoms with van der Waals surface area (Å²) in [5.74, 6) is 0. The normalized spacial score (nSPS) is 20.3. The molecule has 0 aromatic carbocycles. The first-order valence-corrected chi connectivity index (χ1v) is 7.16. The molecule has 1 aromatic rings. The number of pyridine rings is 1. The van der Waals surface area contributed by atoms with Crippen LogP contribution in [0.1, 0.15) is 37.4 Å². The van der Waals surface area contributed by atoms with Crippen LogP contribution in [-0.2, 0) is 6.54 Å². The van der Waals surface area contributed by atoms with Gasteiger partial charge in [0.05, 0.1) is 5.69 Å². The Hall–Kier alpha value is -0.930. The maximum absolute atomic E-state index is 4.50. The molecule has 0 amide bonds. The summed E-state index contributed by atoms with van der Waals surface area (Å²) in [7, 11) is 0. The number of aromatic nitrogens is 1. The lowest BCUT2D eigenvalue weighted by Gasteiger charge is -2.30. The highest BCUT2D eigenvalue weighted by atomic mass is 15.2. The molecule has 3 nitrogen and oxygen atoms in total. The standard InChI is InChI=1S/C15H25N3/c1-3-18(11-14-8-4-5-9-16-14)12-15-13(2)7-6-10-17-15/h6-7,10,14,16H,3-5,8-9,11-12H2,1-2H3. The van der Waals surface area contributed by atoms with Crippen molar-refractivity contribution in [3.8, 4) is 0 Å². The highest BCUT2D eigenvalue weighted by Gasteiger charge is 2.16. The molecule has 3 heteroatoms. The largest absolute Gasteiger partial charge is 0.313 e. The molecule has 0 aliphatic carbocycles. The second-order valence-corrected chi connectivity index (χ2v) is 5.24. The van der Waals surface area contributed by atoms with Gasteiger partial charge in [0, 0.05) is 25.3 Å². The van der Waals surface area contributed by atoms with Crippen LogP contribution in [0.4, 0.5) is 0 Å². The third-order valence-corrected chi connectivity index (χ3v) is 3.83. The van der Waals surface area contributed by atoms with Crippen LogP contribution in [0, 0.1) is 6.92 Å². The number of aryl methyl sites for hydroxylation is 1. The van der Waals surface area contributed by atoms with E-state index in [9.17, 15) is 0 Å². The third-order valence-electron chi connectivity index (χ3n) is 3.83. The van der Waals surface area contributed by atoms with E-state index in [2.05, 4.69) is 35.1 Å². The summed E-state index contributed by atoms with van der Waals surface area (Å²) >= 11 is 0. The lowest BCUT2D eigenvalue weighted by molar-refractivity contribution is 0.224. The van der Waals surface area contributed by atoms with E-state index in [0.717, 1.165) is 19.6 Å². The van der Waals surface area contributed by atoms with Crippen LogP contribution in [0.2, 0.25) is 0 Å². The zero-order chi connectivity index (χ0) is 12.8. The summed E-state index contributed by atoms with van der Waals surface area (Å²) < 4.78 is 0. The first-order valence-electron chi connectivity index (χ1n) is 7.16. The van der Waals surface area contributed by atoms with Gasteiger partial charge in [0.15, 0.2) is 0 Å². The van der Waals surface area contributed by atoms with Crippen molar-refractivity contribution in [1.29, 1.82) is 0 Å². The number of likely N-dealkylation sites (N-methyl/N-ethyl adjacent to an activating group) is 1. The number of piperidine rings is 1. The minimum atomic E-state index is 0.669. The second kappa shape index (κ2) is 6.86. The van der Waals surface area contributed by atoms with E-state index in [1.54, 1.807) is 0 Å². The molecule has 1 aromatic heterocycles. The van der Waals surface area contributed by atoms with Gasteiger partial charge in [-0.05, 0) is 44.5 Å². The molecule has 1 unspecified atom stereocenters. The van der Waals surface area contributed by atoms with Crippen LogP contribution in [0.5, 0.6) is 0 Å². The van der Waals surface area contributed by atoms with Crippen molar-refractivity contribution >= 4 is 0 Å². The molecular formula is C15H25N3. The summed E-state index contributed by atoms with van der Waals surface area (Å²) in [6.45, 7) is 8.78. The lowest BCUT2D eigenvalue weighted by atomic mass is 10.0. The van der Waals surface area contributed by atoms with E-state index < -0.39 is 0 Å². The SMILES string of the molecule is CCN(Cc1ncccc1C)CC1CCCCN1. The fourth-order valence-corrected chi connectivity index (χ4v) is 2.59. The van der Waals surface area contributed by atoms with Crippen LogP contribution in [0.15, 0.2) is 18.3 Å². The fraction of sp³-hybridized carbons (Fsp3) is 0.667. The van der Waals surface area contributed by atoms with Gasteiger partial charge in [-0.2, -0.15) is 0 Å². The lowest BCUT2D eigenvalue weighted by Crippen LogP contribution is -2.43. The van der Waals surface area contributed by atoms with Crippen LogP contribution >= 0.6 is 0 Å². The Bertz CT molecular complexity index is 359. The summed E-state index contributed by atoms with van der Waals surface area (Å²) in [6.07, 6.45) is 5.92. The number of hydrogen-bond donors (Lipinski definition) is 1. The molecule has 0 radical (unpaired) electrons. The van der Waals surface area contributed by atoms with Crippen LogP contribution < -0.4 is 5.32 Å². The van der Waals surface area contributed by atoms with Gasteiger partial charge in [-0.1, -0.05) is 19.4 Å². The van der Waals surface area contributed by atoms with Crippen molar-refractivity contribution < 1.29 is 0 Å². The Kier molecular flexibility index (Phi) is 5.14. The van der Waals surface area contributed by atoms with Crippen molar-refractivity contribution in [3.05, 3.63) is 29.6 Å². The maximum Gasteiger partial charge on any atom is 0.0573 e. The number of nitrogens with zero attached hydrogens (tertiary/aromatic N) is 2. The van der Waals surface area contributed by atoms with Crippen molar-refractivity contribution in [3.63, 3.8) is 0 Å². The maximum atomic E-state index is 4.50. The first kappa shape index (κ1) is 13.5. The fourth-order valence-electron chi connectivity index (χ4n) is 2.59. The van der Waals surface area contributed by atoms with E-state index in [-0.39, 0.29) is 0 Å². The monoisotopic (exact) mass is 247 g/mol. The molecule has 18 heavy (non-hydrogen) atoms. The van der Waals surface area contributed by atoms with Gasteiger partial charge in [-0.25, -0.2) is 0 Å². The molecule has 1 aliphatic rings. The van der Waals surface area contributed by atoms with E-state index in [1.807, 2.05) is 12.3 Å². The molecule has 1 aliphatic heterocycles. The predicted molar refractivity (Wildman–Crippen MR) is 75.6 cm³/mol. The van der Waals surface area contributed by atoms with Gasteiger partial charge in [-0.3, -0.25) is 9.88 Å². The van der Waals surface area contributed by atoms with E-state index in [1.165, 1.54) is 37.1 Å². The average Bonchev–Trinajstić information content (AvgIpc) is 2.41. The molecule has 1 fully saturated rings. The van der Waals surface area contributed by atoms with Crippen LogP contribution in [0.25, 0.3) is 0 Å². The first-order chi connectivity index (χ1) is 8.79. The summed E-state index contributed by atoms with van der Waals surface area (Å²) in [4.78, 5) is 7.00. The van der Waals surface area contributed by atoms with Crippen LogP contribution in [-0.4, -0.2) is 35.6 Å². The zero-order valence-electron chi connectivity index (χ0n) is 11.7. The summed E-state index contributed by atoms with van der Waals surface area (Å²) in [6, 6.07) is 4.83. The van der Waals surface area contributed by atoms with Gasteiger partial charge in [0.25, 0.3) is 0 Å². The van der Waals surface area contributed by atoms with E-state index in [0.29, 0.717) is 6.04 Å². The number of hydrogen-bond acceptors (Lipinski definition) is 3. The average molecular weight is 247 g/mol. The van der Waals surface area contributed by atoms with Crippen molar-refractivity contribution in [1.82, 2.24) is 15.2 Å². The molecule has 2 heterocycles. The van der Waals surface area contributed by atoms with Crippen LogP contribution in [0.3, 0.4) is 0 Å². The molecule has 1 N–H and O–H groups in total. The molecule has 100 valence electrons. The molecule has 0 spiro atoms. The molecule has 0 saturated carbocycles. The smallest absolute Gasteiger partial charge is 0.0573 e. The van der Waals surface area contributed by atoms with Gasteiger partial charge in [-0.15, -0.1) is 0 Å². The molecule has 2 rings (SSSR count). The molecule has 0 bridgehead atoms. The molecule has 1 saturated heterocycles.